The third-order valence-corrected chi connectivity index (χ3v) is 6.78. The van der Waals surface area contributed by atoms with Gasteiger partial charge in [-0.2, -0.15) is 4.31 Å². The van der Waals surface area contributed by atoms with Gasteiger partial charge in [0.15, 0.2) is 0 Å². The zero-order valence-corrected chi connectivity index (χ0v) is 13.5. The molecule has 2 rings (SSSR count). The SMILES string of the molecule is Cc1ccc(C(N)=S)cc1S(=O)(=O)N1CCS(=O)CC1. The molecule has 0 saturated carbocycles. The van der Waals surface area contributed by atoms with E-state index >= 15 is 0 Å². The van der Waals surface area contributed by atoms with Crippen LogP contribution in [-0.2, 0) is 20.8 Å². The number of benzene rings is 1. The lowest BCUT2D eigenvalue weighted by Gasteiger charge is -2.26. The quantitative estimate of drug-likeness (QED) is 0.810. The third kappa shape index (κ3) is 3.08. The van der Waals surface area contributed by atoms with E-state index in [1.807, 2.05) is 0 Å². The van der Waals surface area contributed by atoms with Crippen LogP contribution < -0.4 is 5.73 Å². The Kier molecular flexibility index (Phi) is 4.58. The van der Waals surface area contributed by atoms with Crippen molar-refractivity contribution in [2.45, 2.75) is 11.8 Å². The highest BCUT2D eigenvalue weighted by Crippen LogP contribution is 2.22. The first-order chi connectivity index (χ1) is 9.32. The smallest absolute Gasteiger partial charge is 0.243 e. The van der Waals surface area contributed by atoms with E-state index in [1.54, 1.807) is 19.1 Å². The molecule has 5 nitrogen and oxygen atoms in total. The van der Waals surface area contributed by atoms with Crippen LogP contribution in [0.2, 0.25) is 0 Å². The molecular weight excluding hydrogens is 316 g/mol. The van der Waals surface area contributed by atoms with E-state index in [2.05, 4.69) is 0 Å². The van der Waals surface area contributed by atoms with Crippen molar-refractivity contribution >= 4 is 38.0 Å². The maximum absolute atomic E-state index is 12.6. The summed E-state index contributed by atoms with van der Waals surface area (Å²) in [6, 6.07) is 4.92. The molecule has 2 N–H and O–H groups in total. The molecule has 1 aliphatic rings. The molecule has 0 aliphatic carbocycles. The number of aryl methyl sites for hydroxylation is 1. The Morgan fingerprint density at radius 1 is 1.35 bits per heavy atom. The molecule has 0 aromatic heterocycles. The summed E-state index contributed by atoms with van der Waals surface area (Å²) in [7, 11) is -4.50. The lowest BCUT2D eigenvalue weighted by molar-refractivity contribution is 0.438. The van der Waals surface area contributed by atoms with Gasteiger partial charge in [-0.3, -0.25) is 4.21 Å². The van der Waals surface area contributed by atoms with Gasteiger partial charge < -0.3 is 5.73 Å². The number of thiocarbonyl (C=S) groups is 1. The van der Waals surface area contributed by atoms with Gasteiger partial charge in [0.05, 0.1) is 4.90 Å². The van der Waals surface area contributed by atoms with Gasteiger partial charge in [0, 0.05) is 41.0 Å². The summed E-state index contributed by atoms with van der Waals surface area (Å²) >= 11 is 4.89. The maximum atomic E-state index is 12.6. The number of nitrogens with zero attached hydrogens (tertiary/aromatic N) is 1. The molecule has 110 valence electrons. The molecule has 1 aliphatic heterocycles. The zero-order chi connectivity index (χ0) is 14.9. The molecule has 1 heterocycles. The van der Waals surface area contributed by atoms with Gasteiger partial charge in [-0.25, -0.2) is 8.42 Å². The first-order valence-corrected chi connectivity index (χ1v) is 9.41. The van der Waals surface area contributed by atoms with E-state index < -0.39 is 20.8 Å². The van der Waals surface area contributed by atoms with Crippen LogP contribution in [0.5, 0.6) is 0 Å². The fourth-order valence-corrected chi connectivity index (χ4v) is 5.13. The minimum atomic E-state index is -3.59. The van der Waals surface area contributed by atoms with Crippen LogP contribution in [0.4, 0.5) is 0 Å². The van der Waals surface area contributed by atoms with Crippen LogP contribution in [0.1, 0.15) is 11.1 Å². The highest BCUT2D eigenvalue weighted by molar-refractivity contribution is 7.89. The molecule has 0 bridgehead atoms. The summed E-state index contributed by atoms with van der Waals surface area (Å²) in [4.78, 5) is 0.386. The van der Waals surface area contributed by atoms with Crippen molar-refractivity contribution in [1.29, 1.82) is 0 Å². The second kappa shape index (κ2) is 5.88. The zero-order valence-electron chi connectivity index (χ0n) is 11.0. The van der Waals surface area contributed by atoms with Crippen molar-refractivity contribution < 1.29 is 12.6 Å². The van der Waals surface area contributed by atoms with Crippen molar-refractivity contribution in [2.24, 2.45) is 5.73 Å². The van der Waals surface area contributed by atoms with E-state index in [0.717, 1.165) is 0 Å². The van der Waals surface area contributed by atoms with Crippen molar-refractivity contribution in [2.75, 3.05) is 24.6 Å². The summed E-state index contributed by atoms with van der Waals surface area (Å²) in [5, 5.41) is 0. The number of hydrogen-bond acceptors (Lipinski definition) is 4. The van der Waals surface area contributed by atoms with Gasteiger partial charge in [-0.1, -0.05) is 24.4 Å². The highest BCUT2D eigenvalue weighted by atomic mass is 32.2. The fourth-order valence-electron chi connectivity index (χ4n) is 2.03. The maximum Gasteiger partial charge on any atom is 0.243 e. The van der Waals surface area contributed by atoms with Gasteiger partial charge >= 0.3 is 0 Å². The van der Waals surface area contributed by atoms with E-state index in [1.165, 1.54) is 10.4 Å². The molecule has 0 spiro atoms. The normalized spacial score (nSPS) is 18.1. The van der Waals surface area contributed by atoms with Crippen LogP contribution in [0, 0.1) is 6.92 Å². The van der Waals surface area contributed by atoms with Crippen LogP contribution in [0.15, 0.2) is 23.1 Å². The van der Waals surface area contributed by atoms with Crippen LogP contribution >= 0.6 is 12.2 Å². The summed E-state index contributed by atoms with van der Waals surface area (Å²) < 4.78 is 38.0. The van der Waals surface area contributed by atoms with Crippen molar-refractivity contribution in [1.82, 2.24) is 4.31 Å². The predicted molar refractivity (Wildman–Crippen MR) is 83.7 cm³/mol. The molecule has 0 unspecified atom stereocenters. The average molecular weight is 332 g/mol. The van der Waals surface area contributed by atoms with Crippen molar-refractivity contribution in [3.8, 4) is 0 Å². The lowest BCUT2D eigenvalue weighted by atomic mass is 10.1. The fraction of sp³-hybridized carbons (Fsp3) is 0.417. The second-order valence-corrected chi connectivity index (χ2v) is 8.64. The number of nitrogens with two attached hydrogens (primary N) is 1. The molecule has 1 aromatic carbocycles. The number of rotatable bonds is 3. The third-order valence-electron chi connectivity index (χ3n) is 3.23. The number of hydrogen-bond donors (Lipinski definition) is 1. The lowest BCUT2D eigenvalue weighted by Crippen LogP contribution is -2.42. The highest BCUT2D eigenvalue weighted by Gasteiger charge is 2.29. The molecule has 8 heteroatoms. The molecule has 1 fully saturated rings. The van der Waals surface area contributed by atoms with Gasteiger partial charge in [0.2, 0.25) is 10.0 Å². The molecule has 20 heavy (non-hydrogen) atoms. The van der Waals surface area contributed by atoms with E-state index in [4.69, 9.17) is 18.0 Å². The van der Waals surface area contributed by atoms with Crippen LogP contribution in [0.25, 0.3) is 0 Å². The molecule has 1 aromatic rings. The van der Waals surface area contributed by atoms with Gasteiger partial charge in [-0.05, 0) is 18.6 Å². The van der Waals surface area contributed by atoms with Crippen LogP contribution in [-0.4, -0.2) is 46.5 Å². The van der Waals surface area contributed by atoms with Gasteiger partial charge in [0.1, 0.15) is 4.99 Å². The van der Waals surface area contributed by atoms with Gasteiger partial charge in [-0.15, -0.1) is 0 Å². The Morgan fingerprint density at radius 2 is 1.95 bits per heavy atom. The van der Waals surface area contributed by atoms with Crippen LogP contribution in [0.3, 0.4) is 0 Å². The Labute approximate surface area is 126 Å². The molecule has 0 radical (unpaired) electrons. The Morgan fingerprint density at radius 3 is 2.50 bits per heavy atom. The van der Waals surface area contributed by atoms with Gasteiger partial charge in [0.25, 0.3) is 0 Å². The first kappa shape index (κ1) is 15.6. The van der Waals surface area contributed by atoms with Crippen molar-refractivity contribution in [3.05, 3.63) is 29.3 Å². The summed E-state index contributed by atoms with van der Waals surface area (Å²) in [5.74, 6) is 0.764. The molecular formula is C12H16N2O3S3. The average Bonchev–Trinajstić information content (AvgIpc) is 2.39. The minimum absolute atomic E-state index is 0.168. The van der Waals surface area contributed by atoms with E-state index in [-0.39, 0.29) is 23.0 Å². The Balaban J connectivity index is 2.41. The standard InChI is InChI=1S/C12H16N2O3S3/c1-9-2-3-10(12(13)18)8-11(9)20(16,17)14-4-6-19(15)7-5-14/h2-3,8H,4-7H2,1H3,(H2,13,18). The van der Waals surface area contributed by atoms with Crippen molar-refractivity contribution in [3.63, 3.8) is 0 Å². The molecule has 1 saturated heterocycles. The first-order valence-electron chi connectivity index (χ1n) is 6.08. The van der Waals surface area contributed by atoms with E-state index in [9.17, 15) is 12.6 Å². The number of sulfonamides is 1. The summed E-state index contributed by atoms with van der Waals surface area (Å²) in [5.41, 5.74) is 6.74. The minimum Gasteiger partial charge on any atom is -0.389 e. The second-order valence-electron chi connectivity index (χ2n) is 4.60. The summed E-state index contributed by atoms with van der Waals surface area (Å²) in [6.45, 7) is 2.30. The molecule has 0 atom stereocenters. The Bertz CT molecular complexity index is 661. The molecule has 0 amide bonds. The summed E-state index contributed by atoms with van der Waals surface area (Å²) in [6.07, 6.45) is 0. The Hall–Kier alpha value is -0.830. The predicted octanol–water partition coefficient (Wildman–Crippen LogP) is 0.382. The van der Waals surface area contributed by atoms with E-state index in [0.29, 0.717) is 22.6 Å². The monoisotopic (exact) mass is 332 g/mol. The largest absolute Gasteiger partial charge is 0.389 e. The topological polar surface area (TPSA) is 80.5 Å².